The van der Waals surface area contributed by atoms with E-state index < -0.39 is 0 Å². The Hall–Kier alpha value is -1.09. The van der Waals surface area contributed by atoms with Crippen LogP contribution in [0.2, 0.25) is 0 Å². The maximum Gasteiger partial charge on any atom is 0.0447 e. The van der Waals surface area contributed by atoms with Gasteiger partial charge in [-0.3, -0.25) is 4.98 Å². The van der Waals surface area contributed by atoms with E-state index in [0.717, 1.165) is 12.2 Å². The summed E-state index contributed by atoms with van der Waals surface area (Å²) in [6.45, 7) is 6.45. The molecule has 88 valence electrons. The van der Waals surface area contributed by atoms with Crippen LogP contribution in [0.25, 0.3) is 0 Å². The van der Waals surface area contributed by atoms with Crippen LogP contribution >= 0.6 is 0 Å². The van der Waals surface area contributed by atoms with Gasteiger partial charge in [0.1, 0.15) is 0 Å². The van der Waals surface area contributed by atoms with E-state index in [1.165, 1.54) is 30.6 Å². The molecule has 0 spiro atoms. The molecule has 1 aliphatic rings. The van der Waals surface area contributed by atoms with E-state index in [-0.39, 0.29) is 0 Å². The third kappa shape index (κ3) is 2.19. The maximum absolute atomic E-state index is 4.39. The highest BCUT2D eigenvalue weighted by molar-refractivity contribution is 5.55. The molecule has 0 aliphatic carbocycles. The van der Waals surface area contributed by atoms with Gasteiger partial charge in [0.05, 0.1) is 0 Å². The van der Waals surface area contributed by atoms with Crippen LogP contribution in [-0.4, -0.2) is 24.6 Å². The largest absolute Gasteiger partial charge is 0.368 e. The summed E-state index contributed by atoms with van der Waals surface area (Å²) in [7, 11) is 1.98. The Morgan fingerprint density at radius 2 is 2.38 bits per heavy atom. The summed E-state index contributed by atoms with van der Waals surface area (Å²) in [6.07, 6.45) is 4.62. The molecule has 0 aromatic carbocycles. The molecule has 0 saturated carbocycles. The third-order valence-corrected chi connectivity index (χ3v) is 3.33. The summed E-state index contributed by atoms with van der Waals surface area (Å²) in [4.78, 5) is 6.90. The normalized spacial score (nSPS) is 20.4. The van der Waals surface area contributed by atoms with Crippen molar-refractivity contribution in [1.29, 1.82) is 0 Å². The quantitative estimate of drug-likeness (QED) is 0.844. The van der Waals surface area contributed by atoms with E-state index in [0.29, 0.717) is 6.04 Å². The predicted octanol–water partition coefficient (Wildman–Crippen LogP) is 2.10. The van der Waals surface area contributed by atoms with E-state index >= 15 is 0 Å². The van der Waals surface area contributed by atoms with Crippen molar-refractivity contribution in [2.24, 2.45) is 0 Å². The summed E-state index contributed by atoms with van der Waals surface area (Å²) < 4.78 is 0. The first-order valence-electron chi connectivity index (χ1n) is 6.09. The topological polar surface area (TPSA) is 28.2 Å². The van der Waals surface area contributed by atoms with E-state index in [4.69, 9.17) is 0 Å². The van der Waals surface area contributed by atoms with E-state index in [1.54, 1.807) is 0 Å². The van der Waals surface area contributed by atoms with Crippen LogP contribution in [0.3, 0.4) is 0 Å². The number of hydrogen-bond donors (Lipinski definition) is 1. The molecule has 1 aromatic heterocycles. The molecule has 1 aromatic rings. The number of rotatable bonds is 3. The minimum absolute atomic E-state index is 0.664. The van der Waals surface area contributed by atoms with E-state index in [1.807, 2.05) is 13.2 Å². The lowest BCUT2D eigenvalue weighted by Crippen LogP contribution is -2.28. The molecule has 2 rings (SSSR count). The summed E-state index contributed by atoms with van der Waals surface area (Å²) in [5, 5.41) is 3.22. The summed E-state index contributed by atoms with van der Waals surface area (Å²) in [6, 6.07) is 2.88. The van der Waals surface area contributed by atoms with Gasteiger partial charge in [-0.2, -0.15) is 0 Å². The van der Waals surface area contributed by atoms with Gasteiger partial charge in [0.25, 0.3) is 0 Å². The van der Waals surface area contributed by atoms with Gasteiger partial charge in [-0.25, -0.2) is 0 Å². The van der Waals surface area contributed by atoms with Crippen molar-refractivity contribution in [3.8, 4) is 0 Å². The zero-order valence-electron chi connectivity index (χ0n) is 10.5. The fraction of sp³-hybridized carbons (Fsp3) is 0.615. The predicted molar refractivity (Wildman–Crippen MR) is 67.8 cm³/mol. The van der Waals surface area contributed by atoms with Crippen LogP contribution in [0.5, 0.6) is 0 Å². The minimum Gasteiger partial charge on any atom is -0.368 e. The van der Waals surface area contributed by atoms with Gasteiger partial charge >= 0.3 is 0 Å². The minimum atomic E-state index is 0.664. The van der Waals surface area contributed by atoms with Gasteiger partial charge in [0.15, 0.2) is 0 Å². The average Bonchev–Trinajstić information content (AvgIpc) is 2.67. The standard InChI is InChI=1S/C13H21N3/c1-10-7-13(12(8-14-3)9-15-10)16-6-4-5-11(16)2/h7,9,11,14H,4-6,8H2,1-3H3. The second-order valence-electron chi connectivity index (χ2n) is 4.67. The Kier molecular flexibility index (Phi) is 3.44. The number of aromatic nitrogens is 1. The Bertz CT molecular complexity index is 362. The second kappa shape index (κ2) is 4.83. The number of hydrogen-bond acceptors (Lipinski definition) is 3. The number of nitrogens with one attached hydrogen (secondary N) is 1. The monoisotopic (exact) mass is 219 g/mol. The van der Waals surface area contributed by atoms with Crippen LogP contribution in [0.4, 0.5) is 5.69 Å². The highest BCUT2D eigenvalue weighted by Crippen LogP contribution is 2.28. The van der Waals surface area contributed by atoms with Crippen molar-refractivity contribution in [2.75, 3.05) is 18.5 Å². The van der Waals surface area contributed by atoms with E-state index in [9.17, 15) is 0 Å². The molecule has 1 aliphatic heterocycles. The lowest BCUT2D eigenvalue weighted by atomic mass is 10.1. The van der Waals surface area contributed by atoms with Crippen LogP contribution in [-0.2, 0) is 6.54 Å². The average molecular weight is 219 g/mol. The zero-order chi connectivity index (χ0) is 11.5. The van der Waals surface area contributed by atoms with Crippen molar-refractivity contribution in [2.45, 2.75) is 39.3 Å². The van der Waals surface area contributed by atoms with Gasteiger partial charge in [-0.1, -0.05) is 0 Å². The Morgan fingerprint density at radius 3 is 3.00 bits per heavy atom. The molecule has 1 saturated heterocycles. The first kappa shape index (κ1) is 11.4. The number of anilines is 1. The van der Waals surface area contributed by atoms with Crippen molar-refractivity contribution in [3.05, 3.63) is 23.5 Å². The van der Waals surface area contributed by atoms with Gasteiger partial charge in [-0.15, -0.1) is 0 Å². The van der Waals surface area contributed by atoms with Crippen molar-refractivity contribution >= 4 is 5.69 Å². The summed E-state index contributed by atoms with van der Waals surface area (Å²) in [5.41, 5.74) is 3.78. The number of nitrogens with zero attached hydrogens (tertiary/aromatic N) is 2. The molecule has 0 radical (unpaired) electrons. The third-order valence-electron chi connectivity index (χ3n) is 3.33. The van der Waals surface area contributed by atoms with Gasteiger partial charge < -0.3 is 10.2 Å². The smallest absolute Gasteiger partial charge is 0.0447 e. The lowest BCUT2D eigenvalue weighted by molar-refractivity contribution is 0.723. The van der Waals surface area contributed by atoms with Crippen molar-refractivity contribution < 1.29 is 0 Å². The van der Waals surface area contributed by atoms with Crippen molar-refractivity contribution in [1.82, 2.24) is 10.3 Å². The zero-order valence-corrected chi connectivity index (χ0v) is 10.5. The highest BCUT2D eigenvalue weighted by atomic mass is 15.2. The van der Waals surface area contributed by atoms with Gasteiger partial charge in [0, 0.05) is 42.3 Å². The maximum atomic E-state index is 4.39. The molecule has 16 heavy (non-hydrogen) atoms. The number of pyridine rings is 1. The molecular formula is C13H21N3. The second-order valence-corrected chi connectivity index (χ2v) is 4.67. The van der Waals surface area contributed by atoms with Gasteiger partial charge in [-0.05, 0) is 39.8 Å². The van der Waals surface area contributed by atoms with Crippen LogP contribution < -0.4 is 10.2 Å². The molecule has 1 atom stereocenters. The lowest BCUT2D eigenvalue weighted by Gasteiger charge is -2.26. The molecule has 3 nitrogen and oxygen atoms in total. The highest BCUT2D eigenvalue weighted by Gasteiger charge is 2.22. The first-order chi connectivity index (χ1) is 7.72. The van der Waals surface area contributed by atoms with Gasteiger partial charge in [0.2, 0.25) is 0 Å². The molecule has 1 N–H and O–H groups in total. The van der Waals surface area contributed by atoms with E-state index in [2.05, 4.69) is 35.1 Å². The molecular weight excluding hydrogens is 198 g/mol. The molecule has 0 bridgehead atoms. The Labute approximate surface area is 97.9 Å². The molecule has 1 unspecified atom stereocenters. The molecule has 0 amide bonds. The Morgan fingerprint density at radius 1 is 1.56 bits per heavy atom. The Balaban J connectivity index is 2.32. The van der Waals surface area contributed by atoms with Crippen LogP contribution in [0, 0.1) is 6.92 Å². The first-order valence-corrected chi connectivity index (χ1v) is 6.09. The van der Waals surface area contributed by atoms with Crippen LogP contribution in [0.1, 0.15) is 31.0 Å². The molecule has 1 fully saturated rings. The summed E-state index contributed by atoms with van der Waals surface area (Å²) >= 11 is 0. The summed E-state index contributed by atoms with van der Waals surface area (Å²) in [5.74, 6) is 0. The van der Waals surface area contributed by atoms with Crippen LogP contribution in [0.15, 0.2) is 12.3 Å². The molecule has 3 heteroatoms. The fourth-order valence-electron chi connectivity index (χ4n) is 2.46. The fourth-order valence-corrected chi connectivity index (χ4v) is 2.46. The SMILES string of the molecule is CNCc1cnc(C)cc1N1CCCC1C. The number of aryl methyl sites for hydroxylation is 1. The van der Waals surface area contributed by atoms with Crippen molar-refractivity contribution in [3.63, 3.8) is 0 Å². The molecule has 2 heterocycles.